The maximum atomic E-state index is 7.32. The Balaban J connectivity index is 2.09. The van der Waals surface area contributed by atoms with Gasteiger partial charge in [0.05, 0.1) is 0 Å². The fourth-order valence-electron chi connectivity index (χ4n) is 1.20. The van der Waals surface area contributed by atoms with Crippen LogP contribution >= 0.6 is 34.7 Å². The number of rotatable bonds is 4. The van der Waals surface area contributed by atoms with Gasteiger partial charge >= 0.3 is 0 Å². The Morgan fingerprint density at radius 1 is 1.53 bits per heavy atom. The van der Waals surface area contributed by atoms with Crippen molar-refractivity contribution in [2.24, 2.45) is 5.73 Å². The van der Waals surface area contributed by atoms with Gasteiger partial charge in [0, 0.05) is 16.3 Å². The van der Waals surface area contributed by atoms with E-state index < -0.39 is 0 Å². The lowest BCUT2D eigenvalue weighted by Crippen LogP contribution is -2.10. The van der Waals surface area contributed by atoms with Gasteiger partial charge in [0.2, 0.25) is 0 Å². The van der Waals surface area contributed by atoms with E-state index in [9.17, 15) is 0 Å². The molecule has 7 heteroatoms. The van der Waals surface area contributed by atoms with Gasteiger partial charge in [-0.15, -0.1) is 10.2 Å². The SMILES string of the molecule is N=C(N)c1ccc(CSc2nncs2)c(Cl)c1. The Morgan fingerprint density at radius 2 is 2.35 bits per heavy atom. The summed E-state index contributed by atoms with van der Waals surface area (Å²) in [5, 5.41) is 15.6. The second-order valence-electron chi connectivity index (χ2n) is 3.21. The second-order valence-corrected chi connectivity index (χ2v) is 5.68. The topological polar surface area (TPSA) is 75.7 Å². The van der Waals surface area contributed by atoms with Crippen molar-refractivity contribution in [2.75, 3.05) is 0 Å². The lowest BCUT2D eigenvalue weighted by molar-refractivity contribution is 1.01. The van der Waals surface area contributed by atoms with Crippen LogP contribution in [0.15, 0.2) is 28.0 Å². The first-order valence-electron chi connectivity index (χ1n) is 4.68. The van der Waals surface area contributed by atoms with E-state index in [4.69, 9.17) is 22.7 Å². The third kappa shape index (κ3) is 3.18. The number of benzene rings is 1. The summed E-state index contributed by atoms with van der Waals surface area (Å²) in [6.07, 6.45) is 0. The van der Waals surface area contributed by atoms with E-state index in [-0.39, 0.29) is 5.84 Å². The molecule has 0 atom stereocenters. The van der Waals surface area contributed by atoms with Crippen LogP contribution in [-0.4, -0.2) is 16.0 Å². The number of thioether (sulfide) groups is 1. The minimum Gasteiger partial charge on any atom is -0.384 e. The minimum absolute atomic E-state index is 0.0234. The van der Waals surface area contributed by atoms with Gasteiger partial charge in [-0.05, 0) is 11.6 Å². The van der Waals surface area contributed by atoms with Crippen molar-refractivity contribution in [3.05, 3.63) is 39.9 Å². The maximum absolute atomic E-state index is 7.32. The number of nitrogen functional groups attached to an aromatic ring is 1. The molecule has 0 aliphatic rings. The Labute approximate surface area is 112 Å². The number of amidine groups is 1. The van der Waals surface area contributed by atoms with Crippen molar-refractivity contribution in [1.29, 1.82) is 5.41 Å². The summed E-state index contributed by atoms with van der Waals surface area (Å²) in [6.45, 7) is 0. The third-order valence-corrected chi connectivity index (χ3v) is 4.32. The van der Waals surface area contributed by atoms with E-state index in [2.05, 4.69) is 10.2 Å². The Bertz CT molecular complexity index is 527. The molecule has 0 bridgehead atoms. The van der Waals surface area contributed by atoms with Crippen LogP contribution in [0.2, 0.25) is 5.02 Å². The number of aromatic nitrogens is 2. The Morgan fingerprint density at radius 3 is 2.94 bits per heavy atom. The average Bonchev–Trinajstić information content (AvgIpc) is 2.80. The van der Waals surface area contributed by atoms with Crippen LogP contribution in [0.1, 0.15) is 11.1 Å². The van der Waals surface area contributed by atoms with Crippen LogP contribution in [0.5, 0.6) is 0 Å². The zero-order chi connectivity index (χ0) is 12.3. The fourth-order valence-corrected chi connectivity index (χ4v) is 3.02. The number of halogens is 1. The first-order valence-corrected chi connectivity index (χ1v) is 6.93. The van der Waals surface area contributed by atoms with E-state index in [0.29, 0.717) is 10.6 Å². The van der Waals surface area contributed by atoms with Gasteiger partial charge in [-0.3, -0.25) is 5.41 Å². The van der Waals surface area contributed by atoms with Crippen molar-refractivity contribution in [3.63, 3.8) is 0 Å². The summed E-state index contributed by atoms with van der Waals surface area (Å²) < 4.78 is 0.914. The third-order valence-electron chi connectivity index (χ3n) is 2.06. The van der Waals surface area contributed by atoms with Crippen LogP contribution < -0.4 is 5.73 Å². The smallest absolute Gasteiger partial charge is 0.174 e. The standard InChI is InChI=1S/C10H9ClN4S2/c11-8-3-6(9(12)13)1-2-7(8)4-16-10-15-14-5-17-10/h1-3,5H,4H2,(H3,12,13). The Hall–Kier alpha value is -1.11. The highest BCUT2D eigenvalue weighted by Crippen LogP contribution is 2.27. The number of nitrogens with one attached hydrogen (secondary N) is 1. The van der Waals surface area contributed by atoms with Crippen molar-refractivity contribution in [1.82, 2.24) is 10.2 Å². The second kappa shape index (κ2) is 5.48. The van der Waals surface area contributed by atoms with Crippen molar-refractivity contribution in [3.8, 4) is 0 Å². The van der Waals surface area contributed by atoms with Crippen LogP contribution in [0.3, 0.4) is 0 Å². The molecule has 0 fully saturated rings. The predicted octanol–water partition coefficient (Wildman–Crippen LogP) is 2.77. The monoisotopic (exact) mass is 284 g/mol. The molecule has 0 aliphatic carbocycles. The van der Waals surface area contributed by atoms with Crippen LogP contribution in [0.4, 0.5) is 0 Å². The number of hydrogen-bond donors (Lipinski definition) is 2. The van der Waals surface area contributed by atoms with Gasteiger partial charge in [-0.2, -0.15) is 0 Å². The molecule has 0 saturated heterocycles. The highest BCUT2D eigenvalue weighted by Gasteiger charge is 2.05. The van der Waals surface area contributed by atoms with E-state index in [1.807, 2.05) is 6.07 Å². The van der Waals surface area contributed by atoms with Gasteiger partial charge in [0.25, 0.3) is 0 Å². The summed E-state index contributed by atoms with van der Waals surface area (Å²) >= 11 is 9.20. The summed E-state index contributed by atoms with van der Waals surface area (Å²) in [7, 11) is 0. The van der Waals surface area contributed by atoms with Gasteiger partial charge in [0.1, 0.15) is 11.3 Å². The van der Waals surface area contributed by atoms with Crippen LogP contribution in [0, 0.1) is 5.41 Å². The number of hydrogen-bond acceptors (Lipinski definition) is 5. The molecule has 4 nitrogen and oxygen atoms in total. The lowest BCUT2D eigenvalue weighted by atomic mass is 10.1. The van der Waals surface area contributed by atoms with Crippen LogP contribution in [-0.2, 0) is 5.75 Å². The molecule has 0 spiro atoms. The van der Waals surface area contributed by atoms with Crippen LogP contribution in [0.25, 0.3) is 0 Å². The Kier molecular flexibility index (Phi) is 3.98. The molecule has 0 unspecified atom stereocenters. The van der Waals surface area contributed by atoms with Crippen molar-refractivity contribution < 1.29 is 0 Å². The lowest BCUT2D eigenvalue weighted by Gasteiger charge is -2.05. The molecule has 2 aromatic rings. The molecular formula is C10H9ClN4S2. The highest BCUT2D eigenvalue weighted by atomic mass is 35.5. The minimum atomic E-state index is 0.0234. The van der Waals surface area contributed by atoms with Crippen molar-refractivity contribution in [2.45, 2.75) is 10.1 Å². The highest BCUT2D eigenvalue weighted by molar-refractivity contribution is 8.00. The number of nitrogens with two attached hydrogens (primary N) is 1. The first kappa shape index (κ1) is 12.3. The molecule has 17 heavy (non-hydrogen) atoms. The van der Waals surface area contributed by atoms with Gasteiger partial charge in [0.15, 0.2) is 4.34 Å². The van der Waals surface area contributed by atoms with Gasteiger partial charge in [-0.25, -0.2) is 0 Å². The largest absolute Gasteiger partial charge is 0.384 e. The van der Waals surface area contributed by atoms with Crippen molar-refractivity contribution >= 4 is 40.5 Å². The molecule has 0 radical (unpaired) electrons. The molecule has 1 heterocycles. The zero-order valence-electron chi connectivity index (χ0n) is 8.68. The van der Waals surface area contributed by atoms with Gasteiger partial charge in [-0.1, -0.05) is 46.8 Å². The normalized spacial score (nSPS) is 10.4. The summed E-state index contributed by atoms with van der Waals surface area (Å²) in [5.74, 6) is 0.752. The maximum Gasteiger partial charge on any atom is 0.174 e. The molecule has 1 aromatic heterocycles. The molecule has 0 amide bonds. The van der Waals surface area contributed by atoms with E-state index >= 15 is 0 Å². The van der Waals surface area contributed by atoms with E-state index in [0.717, 1.165) is 15.7 Å². The quantitative estimate of drug-likeness (QED) is 0.514. The molecular weight excluding hydrogens is 276 g/mol. The van der Waals surface area contributed by atoms with E-state index in [1.54, 1.807) is 29.4 Å². The summed E-state index contributed by atoms with van der Waals surface area (Å²) in [5.41, 5.74) is 8.72. The molecule has 0 saturated carbocycles. The molecule has 88 valence electrons. The summed E-state index contributed by atoms with van der Waals surface area (Å²) in [6, 6.07) is 5.39. The predicted molar refractivity (Wildman–Crippen MR) is 71.9 cm³/mol. The fraction of sp³-hybridized carbons (Fsp3) is 0.100. The molecule has 3 N–H and O–H groups in total. The average molecular weight is 285 g/mol. The van der Waals surface area contributed by atoms with E-state index in [1.165, 1.54) is 11.3 Å². The molecule has 0 aliphatic heterocycles. The zero-order valence-corrected chi connectivity index (χ0v) is 11.1. The molecule has 1 aromatic carbocycles. The first-order chi connectivity index (χ1) is 8.16. The summed E-state index contributed by atoms with van der Waals surface area (Å²) in [4.78, 5) is 0. The number of nitrogens with zero attached hydrogens (tertiary/aromatic N) is 2. The molecule has 2 rings (SSSR count). The van der Waals surface area contributed by atoms with Gasteiger partial charge < -0.3 is 5.73 Å².